The number of rotatable bonds is 5. The van der Waals surface area contributed by atoms with Crippen LogP contribution in [0.5, 0.6) is 0 Å². The predicted octanol–water partition coefficient (Wildman–Crippen LogP) is 2.22. The lowest BCUT2D eigenvalue weighted by Crippen LogP contribution is -2.50. The van der Waals surface area contributed by atoms with Crippen molar-refractivity contribution >= 4 is 23.2 Å². The van der Waals surface area contributed by atoms with E-state index in [1.54, 1.807) is 16.7 Å². The number of carbonyl (C=O) groups is 2. The van der Waals surface area contributed by atoms with Gasteiger partial charge in [-0.25, -0.2) is 0 Å². The summed E-state index contributed by atoms with van der Waals surface area (Å²) in [5.41, 5.74) is 0. The van der Waals surface area contributed by atoms with Crippen LogP contribution in [-0.4, -0.2) is 58.5 Å². The average molecular weight is 338 g/mol. The van der Waals surface area contributed by atoms with E-state index in [2.05, 4.69) is 0 Å². The highest BCUT2D eigenvalue weighted by atomic mass is 32.1. The first-order valence-electron chi connectivity index (χ1n) is 8.21. The first kappa shape index (κ1) is 17.9. The Hall–Kier alpha value is -1.40. The van der Waals surface area contributed by atoms with Crippen LogP contribution >= 0.6 is 11.3 Å². The van der Waals surface area contributed by atoms with Crippen molar-refractivity contribution in [1.82, 2.24) is 9.80 Å². The lowest BCUT2D eigenvalue weighted by molar-refractivity contribution is -0.140. The second-order valence-electron chi connectivity index (χ2n) is 6.50. The molecule has 2 atom stereocenters. The van der Waals surface area contributed by atoms with Crippen LogP contribution in [0.1, 0.15) is 43.3 Å². The van der Waals surface area contributed by atoms with E-state index in [1.165, 1.54) is 11.3 Å². The third-order valence-corrected chi connectivity index (χ3v) is 5.02. The molecule has 2 amide bonds. The third kappa shape index (κ3) is 4.54. The Balaban J connectivity index is 2.04. The van der Waals surface area contributed by atoms with E-state index in [1.807, 2.05) is 31.4 Å². The number of nitrogens with zero attached hydrogens (tertiary/aromatic N) is 2. The maximum Gasteiger partial charge on any atom is 0.263 e. The fourth-order valence-electron chi connectivity index (χ4n) is 2.99. The highest BCUT2D eigenvalue weighted by molar-refractivity contribution is 7.12. The molecule has 6 heteroatoms. The van der Waals surface area contributed by atoms with Gasteiger partial charge in [0.25, 0.3) is 5.91 Å². The van der Waals surface area contributed by atoms with Crippen molar-refractivity contribution in [3.63, 3.8) is 0 Å². The van der Waals surface area contributed by atoms with E-state index >= 15 is 0 Å². The summed E-state index contributed by atoms with van der Waals surface area (Å²) in [6.07, 6.45) is 1.10. The smallest absolute Gasteiger partial charge is 0.263 e. The molecule has 0 aromatic carbocycles. The maximum atomic E-state index is 12.8. The van der Waals surface area contributed by atoms with Gasteiger partial charge in [-0.3, -0.25) is 9.59 Å². The number of aliphatic hydroxyl groups excluding tert-OH is 1. The van der Waals surface area contributed by atoms with Gasteiger partial charge < -0.3 is 14.9 Å². The fraction of sp³-hybridized carbons (Fsp3) is 0.647. The number of carbonyl (C=O) groups excluding carboxylic acids is 2. The molecule has 2 unspecified atom stereocenters. The zero-order chi connectivity index (χ0) is 17.0. The molecule has 1 fully saturated rings. The van der Waals surface area contributed by atoms with E-state index in [9.17, 15) is 14.7 Å². The van der Waals surface area contributed by atoms with Gasteiger partial charge in [-0.05, 0) is 45.1 Å². The van der Waals surface area contributed by atoms with E-state index in [0.717, 1.165) is 17.7 Å². The Morgan fingerprint density at radius 2 is 2.17 bits per heavy atom. The standard InChI is InChI=1S/C17H26N2O3S/c1-12(2)19(10-13(3)20)16(21)14-6-4-8-18(11-14)17(22)15-7-5-9-23-15/h5,7,9,12-14,20H,4,6,8,10-11H2,1-3H3. The highest BCUT2D eigenvalue weighted by Crippen LogP contribution is 2.23. The highest BCUT2D eigenvalue weighted by Gasteiger charge is 2.33. The zero-order valence-electron chi connectivity index (χ0n) is 14.1. The first-order valence-corrected chi connectivity index (χ1v) is 9.09. The third-order valence-electron chi connectivity index (χ3n) is 4.16. The number of hydrogen-bond donors (Lipinski definition) is 1. The number of piperidine rings is 1. The van der Waals surface area contributed by atoms with Crippen LogP contribution in [0.25, 0.3) is 0 Å². The number of thiophene rings is 1. The summed E-state index contributed by atoms with van der Waals surface area (Å²) in [6, 6.07) is 3.74. The normalized spacial score (nSPS) is 19.7. The van der Waals surface area contributed by atoms with Crippen molar-refractivity contribution in [3.8, 4) is 0 Å². The van der Waals surface area contributed by atoms with Gasteiger partial charge in [0.1, 0.15) is 0 Å². The van der Waals surface area contributed by atoms with Gasteiger partial charge in [-0.1, -0.05) is 6.07 Å². The number of amides is 2. The van der Waals surface area contributed by atoms with Gasteiger partial charge >= 0.3 is 0 Å². The van der Waals surface area contributed by atoms with Crippen molar-refractivity contribution in [1.29, 1.82) is 0 Å². The molecule has 0 bridgehead atoms. The summed E-state index contributed by atoms with van der Waals surface area (Å²) in [5, 5.41) is 11.5. The van der Waals surface area contributed by atoms with Crippen LogP contribution in [0.3, 0.4) is 0 Å². The maximum absolute atomic E-state index is 12.8. The molecule has 2 heterocycles. The van der Waals surface area contributed by atoms with Crippen LogP contribution in [0, 0.1) is 5.92 Å². The number of aliphatic hydroxyl groups is 1. The van der Waals surface area contributed by atoms with E-state index < -0.39 is 6.10 Å². The molecule has 2 rings (SSSR count). The molecule has 1 N–H and O–H groups in total. The summed E-state index contributed by atoms with van der Waals surface area (Å²) in [5.74, 6) is -0.109. The van der Waals surface area contributed by atoms with Crippen LogP contribution in [0.4, 0.5) is 0 Å². The summed E-state index contributed by atoms with van der Waals surface area (Å²) < 4.78 is 0. The van der Waals surface area contributed by atoms with Gasteiger partial charge in [0.05, 0.1) is 16.9 Å². The van der Waals surface area contributed by atoms with Gasteiger partial charge in [0, 0.05) is 25.7 Å². The Labute approximate surface area is 141 Å². The SMILES string of the molecule is CC(O)CN(C(=O)C1CCCN(C(=O)c2cccs2)C1)C(C)C. The molecule has 1 aliphatic heterocycles. The molecule has 128 valence electrons. The molecular weight excluding hydrogens is 312 g/mol. The second kappa shape index (κ2) is 7.93. The second-order valence-corrected chi connectivity index (χ2v) is 7.45. The van der Waals surface area contributed by atoms with Crippen LogP contribution in [-0.2, 0) is 4.79 Å². The summed E-state index contributed by atoms with van der Waals surface area (Å²) in [6.45, 7) is 7.12. The van der Waals surface area contributed by atoms with Crippen LogP contribution in [0.2, 0.25) is 0 Å². The fourth-order valence-corrected chi connectivity index (χ4v) is 3.68. The number of likely N-dealkylation sites (tertiary alicyclic amines) is 1. The molecule has 0 radical (unpaired) electrons. The average Bonchev–Trinajstić information content (AvgIpc) is 3.05. The zero-order valence-corrected chi connectivity index (χ0v) is 14.9. The van der Waals surface area contributed by atoms with Crippen molar-refractivity contribution in [2.24, 2.45) is 5.92 Å². The van der Waals surface area contributed by atoms with Crippen molar-refractivity contribution < 1.29 is 14.7 Å². The van der Waals surface area contributed by atoms with E-state index in [0.29, 0.717) is 19.6 Å². The topological polar surface area (TPSA) is 60.9 Å². The molecule has 0 aliphatic carbocycles. The van der Waals surface area contributed by atoms with E-state index in [4.69, 9.17) is 0 Å². The molecule has 1 saturated heterocycles. The largest absolute Gasteiger partial charge is 0.392 e. The predicted molar refractivity (Wildman–Crippen MR) is 91.5 cm³/mol. The van der Waals surface area contributed by atoms with Crippen molar-refractivity contribution in [2.45, 2.75) is 45.8 Å². The Morgan fingerprint density at radius 3 is 2.74 bits per heavy atom. The summed E-state index contributed by atoms with van der Waals surface area (Å²) in [4.78, 5) is 29.5. The van der Waals surface area contributed by atoms with Crippen LogP contribution < -0.4 is 0 Å². The van der Waals surface area contributed by atoms with Gasteiger partial charge in [0.15, 0.2) is 0 Å². The van der Waals surface area contributed by atoms with E-state index in [-0.39, 0.29) is 23.8 Å². The molecule has 0 saturated carbocycles. The molecule has 1 aromatic rings. The molecular formula is C17H26N2O3S. The molecule has 1 aromatic heterocycles. The minimum Gasteiger partial charge on any atom is -0.392 e. The van der Waals surface area contributed by atoms with Gasteiger partial charge in [-0.15, -0.1) is 11.3 Å². The Morgan fingerprint density at radius 1 is 1.43 bits per heavy atom. The molecule has 5 nitrogen and oxygen atoms in total. The minimum absolute atomic E-state index is 0.0177. The number of hydrogen-bond acceptors (Lipinski definition) is 4. The van der Waals surface area contributed by atoms with Crippen LogP contribution in [0.15, 0.2) is 17.5 Å². The Bertz CT molecular complexity index is 528. The minimum atomic E-state index is -0.547. The Kier molecular flexibility index (Phi) is 6.18. The first-order chi connectivity index (χ1) is 10.9. The van der Waals surface area contributed by atoms with Crippen molar-refractivity contribution in [2.75, 3.05) is 19.6 Å². The lowest BCUT2D eigenvalue weighted by atomic mass is 9.95. The van der Waals surface area contributed by atoms with Gasteiger partial charge in [-0.2, -0.15) is 0 Å². The molecule has 0 spiro atoms. The molecule has 23 heavy (non-hydrogen) atoms. The summed E-state index contributed by atoms with van der Waals surface area (Å²) in [7, 11) is 0. The monoisotopic (exact) mass is 338 g/mol. The lowest BCUT2D eigenvalue weighted by Gasteiger charge is -2.36. The molecule has 1 aliphatic rings. The summed E-state index contributed by atoms with van der Waals surface area (Å²) >= 11 is 1.43. The van der Waals surface area contributed by atoms with Crippen molar-refractivity contribution in [3.05, 3.63) is 22.4 Å². The van der Waals surface area contributed by atoms with Gasteiger partial charge in [0.2, 0.25) is 5.91 Å². The quantitative estimate of drug-likeness (QED) is 0.895.